The SMILES string of the molecule is O=C(Nc1ccc2n(c1=O)C[C@H]1C[C@@H]2CN(CC2CCCCC2)C1)c1ccncc1. The molecular weight excluding hydrogens is 376 g/mol. The lowest BCUT2D eigenvalue weighted by molar-refractivity contribution is 0.0967. The third kappa shape index (κ3) is 3.93. The first-order valence-corrected chi connectivity index (χ1v) is 11.3. The zero-order chi connectivity index (χ0) is 20.5. The zero-order valence-electron chi connectivity index (χ0n) is 17.4. The smallest absolute Gasteiger partial charge is 0.274 e. The minimum Gasteiger partial charge on any atom is -0.317 e. The van der Waals surface area contributed by atoms with Gasteiger partial charge in [0, 0.05) is 55.7 Å². The number of likely N-dealkylation sites (tertiary alicyclic amines) is 1. The molecule has 158 valence electrons. The van der Waals surface area contributed by atoms with Crippen molar-refractivity contribution in [3.63, 3.8) is 0 Å². The van der Waals surface area contributed by atoms with E-state index in [1.54, 1.807) is 30.6 Å². The van der Waals surface area contributed by atoms with Gasteiger partial charge in [-0.15, -0.1) is 0 Å². The molecule has 0 aromatic carbocycles. The average Bonchev–Trinajstić information content (AvgIpc) is 2.77. The number of aromatic nitrogens is 2. The molecule has 1 aliphatic carbocycles. The number of carbonyl (C=O) groups is 1. The van der Waals surface area contributed by atoms with E-state index in [4.69, 9.17) is 0 Å². The fourth-order valence-corrected chi connectivity index (χ4v) is 5.72. The molecule has 3 aliphatic rings. The van der Waals surface area contributed by atoms with E-state index in [9.17, 15) is 9.59 Å². The third-order valence-corrected chi connectivity index (χ3v) is 7.11. The Morgan fingerprint density at radius 3 is 2.63 bits per heavy atom. The summed E-state index contributed by atoms with van der Waals surface area (Å²) >= 11 is 0. The number of amides is 1. The van der Waals surface area contributed by atoms with Crippen LogP contribution in [0.3, 0.4) is 0 Å². The molecule has 6 nitrogen and oxygen atoms in total. The highest BCUT2D eigenvalue weighted by molar-refractivity contribution is 6.04. The quantitative estimate of drug-likeness (QED) is 0.844. The summed E-state index contributed by atoms with van der Waals surface area (Å²) in [4.78, 5) is 32.2. The average molecular weight is 407 g/mol. The van der Waals surface area contributed by atoms with Gasteiger partial charge in [0.05, 0.1) is 0 Å². The van der Waals surface area contributed by atoms with Crippen LogP contribution in [0.2, 0.25) is 0 Å². The summed E-state index contributed by atoms with van der Waals surface area (Å²) in [7, 11) is 0. The number of rotatable bonds is 4. The van der Waals surface area contributed by atoms with E-state index < -0.39 is 0 Å². The summed E-state index contributed by atoms with van der Waals surface area (Å²) in [5.41, 5.74) is 1.92. The number of hydrogen-bond donors (Lipinski definition) is 1. The van der Waals surface area contributed by atoms with E-state index >= 15 is 0 Å². The van der Waals surface area contributed by atoms with Crippen LogP contribution in [0.1, 0.15) is 60.5 Å². The Hall–Kier alpha value is -2.47. The van der Waals surface area contributed by atoms with E-state index in [-0.39, 0.29) is 11.5 Å². The lowest BCUT2D eigenvalue weighted by Crippen LogP contribution is -2.48. The van der Waals surface area contributed by atoms with Crippen molar-refractivity contribution in [1.29, 1.82) is 0 Å². The predicted octanol–water partition coefficient (Wildman–Crippen LogP) is 3.50. The van der Waals surface area contributed by atoms with Crippen LogP contribution < -0.4 is 10.9 Å². The number of carbonyl (C=O) groups excluding carboxylic acids is 1. The molecular formula is C24H30N4O2. The molecule has 1 saturated heterocycles. The van der Waals surface area contributed by atoms with Crippen LogP contribution in [0.5, 0.6) is 0 Å². The summed E-state index contributed by atoms with van der Waals surface area (Å²) in [5, 5.41) is 2.79. The van der Waals surface area contributed by atoms with E-state index in [0.29, 0.717) is 23.1 Å². The van der Waals surface area contributed by atoms with Crippen molar-refractivity contribution in [2.24, 2.45) is 11.8 Å². The molecule has 2 atom stereocenters. The highest BCUT2D eigenvalue weighted by Gasteiger charge is 2.35. The van der Waals surface area contributed by atoms with Gasteiger partial charge in [-0.05, 0) is 55.4 Å². The minimum absolute atomic E-state index is 0.0784. The molecule has 2 aliphatic heterocycles. The lowest BCUT2D eigenvalue weighted by Gasteiger charge is -2.44. The molecule has 1 N–H and O–H groups in total. The number of fused-ring (bicyclic) bond motifs is 4. The van der Waals surface area contributed by atoms with Crippen molar-refractivity contribution in [3.8, 4) is 0 Å². The number of nitrogens with zero attached hydrogens (tertiary/aromatic N) is 3. The molecule has 6 heteroatoms. The normalized spacial score (nSPS) is 24.3. The summed E-state index contributed by atoms with van der Waals surface area (Å²) in [5.74, 6) is 1.51. The molecule has 4 heterocycles. The van der Waals surface area contributed by atoms with Gasteiger partial charge in [-0.1, -0.05) is 19.3 Å². The number of nitrogens with one attached hydrogen (secondary N) is 1. The van der Waals surface area contributed by atoms with Crippen molar-refractivity contribution in [2.45, 2.75) is 51.0 Å². The monoisotopic (exact) mass is 406 g/mol. The molecule has 2 bridgehead atoms. The van der Waals surface area contributed by atoms with Crippen LogP contribution >= 0.6 is 0 Å². The fourth-order valence-electron chi connectivity index (χ4n) is 5.72. The van der Waals surface area contributed by atoms with E-state index in [1.165, 1.54) is 45.1 Å². The molecule has 0 spiro atoms. The number of hydrogen-bond acceptors (Lipinski definition) is 4. The van der Waals surface area contributed by atoms with Crippen molar-refractivity contribution in [3.05, 3.63) is 58.3 Å². The Bertz CT molecular complexity index is 965. The molecule has 30 heavy (non-hydrogen) atoms. The van der Waals surface area contributed by atoms with E-state index in [0.717, 1.165) is 31.2 Å². The number of anilines is 1. The molecule has 5 rings (SSSR count). The van der Waals surface area contributed by atoms with E-state index in [1.807, 2.05) is 4.57 Å². The summed E-state index contributed by atoms with van der Waals surface area (Å²) < 4.78 is 1.92. The highest BCUT2D eigenvalue weighted by Crippen LogP contribution is 2.36. The Kier molecular flexibility index (Phi) is 5.42. The van der Waals surface area contributed by atoms with Gasteiger partial charge in [-0.3, -0.25) is 14.6 Å². The standard InChI is InChI=1S/C24H30N4O2/c29-23(19-8-10-25-11-9-19)26-21-6-7-22-20-12-18(15-28(22)24(21)30)14-27(16-20)13-17-4-2-1-3-5-17/h6-11,17-18,20H,1-5,12-16H2,(H,26,29)/t18-,20+/m0/s1. The van der Waals surface area contributed by atoms with Crippen LogP contribution in [0.4, 0.5) is 5.69 Å². The largest absolute Gasteiger partial charge is 0.317 e. The van der Waals surface area contributed by atoms with Crippen LogP contribution in [-0.4, -0.2) is 40.0 Å². The number of piperidine rings is 1. The third-order valence-electron chi connectivity index (χ3n) is 7.11. The molecule has 1 saturated carbocycles. The lowest BCUT2D eigenvalue weighted by atomic mass is 9.81. The first-order valence-electron chi connectivity index (χ1n) is 11.3. The number of pyridine rings is 2. The molecule has 2 fully saturated rings. The Morgan fingerprint density at radius 1 is 1.03 bits per heavy atom. The van der Waals surface area contributed by atoms with Gasteiger partial charge < -0.3 is 14.8 Å². The van der Waals surface area contributed by atoms with Crippen molar-refractivity contribution < 1.29 is 4.79 Å². The molecule has 2 aromatic heterocycles. The maximum Gasteiger partial charge on any atom is 0.274 e. The van der Waals surface area contributed by atoms with Gasteiger partial charge in [0.1, 0.15) is 5.69 Å². The van der Waals surface area contributed by atoms with E-state index in [2.05, 4.69) is 21.3 Å². The second-order valence-corrected chi connectivity index (χ2v) is 9.30. The second-order valence-electron chi connectivity index (χ2n) is 9.30. The van der Waals surface area contributed by atoms with Gasteiger partial charge in [0.2, 0.25) is 0 Å². The Labute approximate surface area is 177 Å². The Morgan fingerprint density at radius 2 is 1.83 bits per heavy atom. The van der Waals surface area contributed by atoms with Gasteiger partial charge in [0.15, 0.2) is 0 Å². The van der Waals surface area contributed by atoms with Crippen LogP contribution in [-0.2, 0) is 6.54 Å². The van der Waals surface area contributed by atoms with Gasteiger partial charge >= 0.3 is 0 Å². The summed E-state index contributed by atoms with van der Waals surface area (Å²) in [6, 6.07) is 7.13. The molecule has 1 amide bonds. The van der Waals surface area contributed by atoms with Crippen molar-refractivity contribution >= 4 is 11.6 Å². The van der Waals surface area contributed by atoms with Crippen LogP contribution in [0, 0.1) is 11.8 Å². The van der Waals surface area contributed by atoms with Gasteiger partial charge in [0.25, 0.3) is 11.5 Å². The maximum absolute atomic E-state index is 13.1. The van der Waals surface area contributed by atoms with Crippen molar-refractivity contribution in [2.75, 3.05) is 25.0 Å². The summed E-state index contributed by atoms with van der Waals surface area (Å²) in [6.07, 6.45) is 11.3. The minimum atomic E-state index is -0.273. The molecule has 2 aromatic rings. The summed E-state index contributed by atoms with van der Waals surface area (Å²) in [6.45, 7) is 4.11. The van der Waals surface area contributed by atoms with Crippen LogP contribution in [0.15, 0.2) is 41.5 Å². The van der Waals surface area contributed by atoms with Crippen molar-refractivity contribution in [1.82, 2.24) is 14.5 Å². The predicted molar refractivity (Wildman–Crippen MR) is 117 cm³/mol. The first-order chi connectivity index (χ1) is 14.7. The Balaban J connectivity index is 1.32. The topological polar surface area (TPSA) is 67.2 Å². The first kappa shape index (κ1) is 19.5. The highest BCUT2D eigenvalue weighted by atomic mass is 16.2. The van der Waals surface area contributed by atoms with Gasteiger partial charge in [-0.2, -0.15) is 0 Å². The molecule has 0 radical (unpaired) electrons. The molecule has 0 unspecified atom stereocenters. The maximum atomic E-state index is 13.1. The van der Waals surface area contributed by atoms with Crippen LogP contribution in [0.25, 0.3) is 0 Å². The van der Waals surface area contributed by atoms with Gasteiger partial charge in [-0.25, -0.2) is 0 Å². The second kappa shape index (κ2) is 8.34. The fraction of sp³-hybridized carbons (Fsp3) is 0.542. The zero-order valence-corrected chi connectivity index (χ0v) is 17.4.